The van der Waals surface area contributed by atoms with Gasteiger partial charge in [-0.1, -0.05) is 103 Å². The second-order valence-electron chi connectivity index (χ2n) is 7.82. The van der Waals surface area contributed by atoms with Crippen LogP contribution in [0.25, 0.3) is 0 Å². The predicted molar refractivity (Wildman–Crippen MR) is 111 cm³/mol. The average Bonchev–Trinajstić information content (AvgIpc) is 2.58. The van der Waals surface area contributed by atoms with Gasteiger partial charge in [0, 0.05) is 0 Å². The van der Waals surface area contributed by atoms with Gasteiger partial charge < -0.3 is 5.11 Å². The largest absolute Gasteiger partial charge is 0.393 e. The maximum Gasteiger partial charge on any atom is 0.264 e. The lowest BCUT2D eigenvalue weighted by molar-refractivity contribution is 0.147. The Bertz CT molecular complexity index is 381. The third-order valence-corrected chi connectivity index (χ3v) is 5.89. The number of hydrogen-bond acceptors (Lipinski definition) is 3. The van der Waals surface area contributed by atoms with E-state index in [1.165, 1.54) is 70.6 Å². The fourth-order valence-electron chi connectivity index (χ4n) is 3.38. The van der Waals surface area contributed by atoms with E-state index in [0.717, 1.165) is 38.5 Å². The van der Waals surface area contributed by atoms with E-state index in [9.17, 15) is 13.5 Å². The van der Waals surface area contributed by atoms with E-state index in [0.29, 0.717) is 6.42 Å². The molecule has 0 aliphatic carbocycles. The fraction of sp³-hybridized carbons (Fsp3) is 1.00. The van der Waals surface area contributed by atoms with Crippen molar-refractivity contribution in [2.75, 3.05) is 5.75 Å². The van der Waals surface area contributed by atoms with Gasteiger partial charge in [-0.15, -0.1) is 0 Å². The zero-order valence-corrected chi connectivity index (χ0v) is 17.9. The maximum atomic E-state index is 10.6. The molecule has 4 nitrogen and oxygen atoms in total. The Balaban J connectivity index is 3.20. The van der Waals surface area contributed by atoms with E-state index in [-0.39, 0.29) is 11.9 Å². The van der Waals surface area contributed by atoms with Crippen molar-refractivity contribution in [2.45, 2.75) is 129 Å². The Kier molecular flexibility index (Phi) is 18.2. The Hall–Kier alpha value is -0.130. The van der Waals surface area contributed by atoms with Gasteiger partial charge in [0.15, 0.2) is 0 Å². The van der Waals surface area contributed by atoms with Crippen LogP contribution in [0.1, 0.15) is 122 Å². The minimum Gasteiger partial charge on any atom is -0.393 e. The number of aliphatic hydroxyl groups is 1. The summed E-state index contributed by atoms with van der Waals surface area (Å²) >= 11 is 0. The van der Waals surface area contributed by atoms with Crippen LogP contribution < -0.4 is 0 Å². The van der Waals surface area contributed by atoms with Crippen LogP contribution in [0.5, 0.6) is 0 Å². The summed E-state index contributed by atoms with van der Waals surface area (Å²) in [6.07, 6.45) is 20.6. The summed E-state index contributed by atoms with van der Waals surface area (Å²) in [5.41, 5.74) is 0. The smallest absolute Gasteiger partial charge is 0.264 e. The van der Waals surface area contributed by atoms with Gasteiger partial charge in [0.2, 0.25) is 0 Å². The average molecular weight is 393 g/mol. The van der Waals surface area contributed by atoms with Crippen LogP contribution in [-0.2, 0) is 10.1 Å². The lowest BCUT2D eigenvalue weighted by Crippen LogP contribution is -2.05. The highest BCUT2D eigenvalue weighted by Crippen LogP contribution is 2.15. The van der Waals surface area contributed by atoms with Gasteiger partial charge in [0.05, 0.1) is 11.9 Å². The molecule has 0 fully saturated rings. The number of rotatable bonds is 20. The fourth-order valence-corrected chi connectivity index (χ4v) is 3.95. The van der Waals surface area contributed by atoms with Crippen molar-refractivity contribution < 1.29 is 18.1 Å². The molecule has 0 saturated carbocycles. The minimum atomic E-state index is -3.78. The number of aliphatic hydroxyl groups excluding tert-OH is 1. The van der Waals surface area contributed by atoms with E-state index in [1.807, 2.05) is 0 Å². The molecule has 0 aliphatic rings. The molecule has 0 radical (unpaired) electrons. The van der Waals surface area contributed by atoms with Crippen molar-refractivity contribution >= 4 is 10.1 Å². The van der Waals surface area contributed by atoms with Gasteiger partial charge in [0.25, 0.3) is 10.1 Å². The Morgan fingerprint density at radius 1 is 0.615 bits per heavy atom. The molecular weight excluding hydrogens is 348 g/mol. The van der Waals surface area contributed by atoms with Gasteiger partial charge in [-0.25, -0.2) is 0 Å². The van der Waals surface area contributed by atoms with Crippen molar-refractivity contribution in [1.29, 1.82) is 0 Å². The lowest BCUT2D eigenvalue weighted by atomic mass is 10.0. The standard InChI is InChI=1S/C21H44O4S/c1-2-3-4-5-6-9-12-15-18-21(22)19-16-13-10-7-8-11-14-17-20-26(23,24)25/h21-22H,2-20H2,1H3,(H,23,24,25). The molecule has 5 heteroatoms. The summed E-state index contributed by atoms with van der Waals surface area (Å²) in [6.45, 7) is 2.25. The van der Waals surface area contributed by atoms with E-state index in [1.54, 1.807) is 0 Å². The first-order chi connectivity index (χ1) is 12.5. The molecule has 26 heavy (non-hydrogen) atoms. The molecule has 0 amide bonds. The third-order valence-electron chi connectivity index (χ3n) is 5.08. The molecule has 0 aliphatic heterocycles. The number of hydrogen-bond donors (Lipinski definition) is 2. The Morgan fingerprint density at radius 2 is 0.962 bits per heavy atom. The summed E-state index contributed by atoms with van der Waals surface area (Å²) in [6, 6.07) is 0. The molecule has 2 N–H and O–H groups in total. The van der Waals surface area contributed by atoms with Crippen molar-refractivity contribution in [2.24, 2.45) is 0 Å². The van der Waals surface area contributed by atoms with Gasteiger partial charge in [-0.3, -0.25) is 4.55 Å². The highest BCUT2D eigenvalue weighted by Gasteiger charge is 2.04. The predicted octanol–water partition coefficient (Wildman–Crippen LogP) is 6.28. The zero-order valence-electron chi connectivity index (χ0n) is 17.1. The van der Waals surface area contributed by atoms with Crippen LogP contribution in [0, 0.1) is 0 Å². The first-order valence-corrected chi connectivity index (χ1v) is 12.7. The number of unbranched alkanes of at least 4 members (excludes halogenated alkanes) is 14. The first kappa shape index (κ1) is 25.9. The molecule has 0 aromatic carbocycles. The summed E-state index contributed by atoms with van der Waals surface area (Å²) < 4.78 is 29.8. The molecule has 0 aromatic heterocycles. The maximum absolute atomic E-state index is 10.6. The van der Waals surface area contributed by atoms with Crippen LogP contribution in [0.15, 0.2) is 0 Å². The first-order valence-electron chi connectivity index (χ1n) is 11.1. The molecule has 1 unspecified atom stereocenters. The third kappa shape index (κ3) is 21.9. The SMILES string of the molecule is CCCCCCCCCCC(O)CCCCCCCCCCS(=O)(=O)O. The molecule has 0 aromatic rings. The van der Waals surface area contributed by atoms with Crippen LogP contribution in [0.2, 0.25) is 0 Å². The van der Waals surface area contributed by atoms with Crippen LogP contribution in [0.3, 0.4) is 0 Å². The van der Waals surface area contributed by atoms with Crippen LogP contribution in [-0.4, -0.2) is 29.9 Å². The van der Waals surface area contributed by atoms with Crippen molar-refractivity contribution in [3.05, 3.63) is 0 Å². The highest BCUT2D eigenvalue weighted by molar-refractivity contribution is 7.85. The van der Waals surface area contributed by atoms with E-state index < -0.39 is 10.1 Å². The van der Waals surface area contributed by atoms with Crippen molar-refractivity contribution in [3.8, 4) is 0 Å². The molecule has 0 rings (SSSR count). The molecule has 1 atom stereocenters. The molecule has 0 heterocycles. The molecule has 0 saturated heterocycles. The summed E-state index contributed by atoms with van der Waals surface area (Å²) in [5.74, 6) is -0.107. The minimum absolute atomic E-state index is 0.107. The summed E-state index contributed by atoms with van der Waals surface area (Å²) in [5, 5.41) is 10.0. The van der Waals surface area contributed by atoms with E-state index in [4.69, 9.17) is 4.55 Å². The Morgan fingerprint density at radius 3 is 1.35 bits per heavy atom. The van der Waals surface area contributed by atoms with Crippen molar-refractivity contribution in [3.63, 3.8) is 0 Å². The van der Waals surface area contributed by atoms with E-state index in [2.05, 4.69) is 6.92 Å². The lowest BCUT2D eigenvalue weighted by Gasteiger charge is -2.10. The molecule has 0 spiro atoms. The van der Waals surface area contributed by atoms with Crippen molar-refractivity contribution in [1.82, 2.24) is 0 Å². The zero-order chi connectivity index (χ0) is 19.5. The quantitative estimate of drug-likeness (QED) is 0.189. The van der Waals surface area contributed by atoms with Crippen LogP contribution >= 0.6 is 0 Å². The van der Waals surface area contributed by atoms with Gasteiger partial charge in [-0.05, 0) is 19.3 Å². The second-order valence-corrected chi connectivity index (χ2v) is 9.39. The monoisotopic (exact) mass is 392 g/mol. The molecular formula is C21H44O4S. The molecule has 0 bridgehead atoms. The second kappa shape index (κ2) is 18.2. The topological polar surface area (TPSA) is 74.6 Å². The summed E-state index contributed by atoms with van der Waals surface area (Å²) in [4.78, 5) is 0. The normalized spacial score (nSPS) is 13.2. The van der Waals surface area contributed by atoms with E-state index >= 15 is 0 Å². The summed E-state index contributed by atoms with van der Waals surface area (Å²) in [7, 11) is -3.78. The van der Waals surface area contributed by atoms with Crippen LogP contribution in [0.4, 0.5) is 0 Å². The van der Waals surface area contributed by atoms with Gasteiger partial charge >= 0.3 is 0 Å². The van der Waals surface area contributed by atoms with Gasteiger partial charge in [-0.2, -0.15) is 8.42 Å². The Labute approximate surface area is 162 Å². The molecule has 158 valence electrons. The van der Waals surface area contributed by atoms with Gasteiger partial charge in [0.1, 0.15) is 0 Å². The highest BCUT2D eigenvalue weighted by atomic mass is 32.2.